The van der Waals surface area contributed by atoms with E-state index in [1.165, 1.54) is 16.3 Å². The van der Waals surface area contributed by atoms with E-state index in [2.05, 4.69) is 5.32 Å². The summed E-state index contributed by atoms with van der Waals surface area (Å²) in [6, 6.07) is 6.70. The smallest absolute Gasteiger partial charge is 0.282 e. The first-order chi connectivity index (χ1) is 13.2. The Balaban J connectivity index is 1.80. The molecule has 8 nitrogen and oxygen atoms in total. The molecule has 0 aromatic heterocycles. The average molecular weight is 409 g/mol. The number of hydrogen-bond donors (Lipinski definition) is 1. The zero-order valence-corrected chi connectivity index (χ0v) is 17.4. The number of carbonyl (C=O) groups excluding carboxylic acids is 2. The van der Waals surface area contributed by atoms with E-state index in [9.17, 15) is 18.0 Å². The predicted octanol–water partition coefficient (Wildman–Crippen LogP) is 1.66. The number of piperidine rings is 1. The summed E-state index contributed by atoms with van der Waals surface area (Å²) in [7, 11) is -2.27. The summed E-state index contributed by atoms with van der Waals surface area (Å²) in [5.41, 5.74) is 1.14. The molecule has 3 rings (SSSR count). The van der Waals surface area contributed by atoms with Crippen LogP contribution in [0.15, 0.2) is 24.3 Å². The molecule has 28 heavy (non-hydrogen) atoms. The highest BCUT2D eigenvalue weighted by Crippen LogP contribution is 2.31. The van der Waals surface area contributed by atoms with Crippen molar-refractivity contribution in [3.63, 3.8) is 0 Å². The fourth-order valence-corrected chi connectivity index (χ4v) is 5.34. The van der Waals surface area contributed by atoms with Gasteiger partial charge in [0.1, 0.15) is 0 Å². The summed E-state index contributed by atoms with van der Waals surface area (Å²) >= 11 is 0. The zero-order valence-electron chi connectivity index (χ0n) is 16.6. The highest BCUT2D eigenvalue weighted by Gasteiger charge is 2.35. The van der Waals surface area contributed by atoms with Gasteiger partial charge in [-0.15, -0.1) is 0 Å². The first-order valence-electron chi connectivity index (χ1n) is 9.62. The minimum atomic E-state index is -3.71. The Bertz CT molecular complexity index is 857. The first kappa shape index (κ1) is 20.8. The molecule has 1 saturated heterocycles. The number of benzene rings is 1. The number of anilines is 2. The number of rotatable bonds is 4. The van der Waals surface area contributed by atoms with Crippen molar-refractivity contribution in [2.24, 2.45) is 5.92 Å². The third-order valence-electron chi connectivity index (χ3n) is 5.33. The maximum absolute atomic E-state index is 13.1. The largest absolute Gasteiger partial charge is 0.324 e. The van der Waals surface area contributed by atoms with Gasteiger partial charge >= 0.3 is 0 Å². The molecule has 2 unspecified atom stereocenters. The van der Waals surface area contributed by atoms with E-state index in [0.29, 0.717) is 30.4 Å². The number of fused-ring (bicyclic) bond motifs is 1. The number of nitrogens with one attached hydrogen (secondary N) is 1. The molecule has 1 aromatic rings. The van der Waals surface area contributed by atoms with Crippen molar-refractivity contribution < 1.29 is 18.0 Å². The van der Waals surface area contributed by atoms with Crippen LogP contribution in [0.2, 0.25) is 0 Å². The Hall–Kier alpha value is -1.97. The van der Waals surface area contributed by atoms with Crippen LogP contribution < -0.4 is 10.2 Å². The molecule has 2 heterocycles. The fourth-order valence-electron chi connectivity index (χ4n) is 3.87. The van der Waals surface area contributed by atoms with Crippen molar-refractivity contribution in [3.05, 3.63) is 24.3 Å². The lowest BCUT2D eigenvalue weighted by molar-refractivity contribution is -0.119. The van der Waals surface area contributed by atoms with Gasteiger partial charge in [-0.25, -0.2) is 0 Å². The SMILES string of the molecule is CC1CCCN(S(=O)(=O)N(C)CC(=O)N2c3ccccc3NC(=O)CC2C)C1. The van der Waals surface area contributed by atoms with Gasteiger partial charge in [-0.05, 0) is 37.8 Å². The van der Waals surface area contributed by atoms with E-state index in [4.69, 9.17) is 0 Å². The third-order valence-corrected chi connectivity index (χ3v) is 7.23. The third kappa shape index (κ3) is 4.21. The summed E-state index contributed by atoms with van der Waals surface area (Å²) < 4.78 is 28.4. The highest BCUT2D eigenvalue weighted by molar-refractivity contribution is 7.86. The molecule has 0 aliphatic carbocycles. The number of nitrogens with zero attached hydrogens (tertiary/aromatic N) is 3. The number of hydrogen-bond acceptors (Lipinski definition) is 4. The van der Waals surface area contributed by atoms with E-state index in [0.717, 1.165) is 17.1 Å². The minimum absolute atomic E-state index is 0.153. The number of carbonyl (C=O) groups is 2. The summed E-state index contributed by atoms with van der Waals surface area (Å²) in [6.07, 6.45) is 1.99. The maximum Gasteiger partial charge on any atom is 0.282 e. The summed E-state index contributed by atoms with van der Waals surface area (Å²) in [5, 5.41) is 2.80. The Morgan fingerprint density at radius 3 is 2.71 bits per heavy atom. The topological polar surface area (TPSA) is 90.0 Å². The molecule has 0 spiro atoms. The molecule has 2 aliphatic rings. The predicted molar refractivity (Wildman–Crippen MR) is 108 cm³/mol. The molecular formula is C19H28N4O4S. The Morgan fingerprint density at radius 1 is 1.29 bits per heavy atom. The lowest BCUT2D eigenvalue weighted by Gasteiger charge is -2.34. The molecule has 9 heteroatoms. The maximum atomic E-state index is 13.1. The van der Waals surface area contributed by atoms with Crippen LogP contribution in [-0.2, 0) is 19.8 Å². The molecule has 0 saturated carbocycles. The van der Waals surface area contributed by atoms with Gasteiger partial charge in [0.2, 0.25) is 11.8 Å². The second kappa shape index (κ2) is 8.18. The molecular weight excluding hydrogens is 380 g/mol. The van der Waals surface area contributed by atoms with Crippen LogP contribution in [0.4, 0.5) is 11.4 Å². The number of likely N-dealkylation sites (N-methyl/N-ethyl adjacent to an activating group) is 1. The van der Waals surface area contributed by atoms with Crippen molar-refractivity contribution in [2.45, 2.75) is 39.2 Å². The van der Waals surface area contributed by atoms with Crippen molar-refractivity contribution >= 4 is 33.4 Å². The molecule has 0 bridgehead atoms. The van der Waals surface area contributed by atoms with Gasteiger partial charge in [-0.3, -0.25) is 9.59 Å². The van der Waals surface area contributed by atoms with E-state index in [1.807, 2.05) is 6.92 Å². The summed E-state index contributed by atoms with van der Waals surface area (Å²) in [6.45, 7) is 4.50. The van der Waals surface area contributed by atoms with Crippen LogP contribution in [0, 0.1) is 5.92 Å². The van der Waals surface area contributed by atoms with Gasteiger partial charge < -0.3 is 10.2 Å². The van der Waals surface area contributed by atoms with Gasteiger partial charge in [0, 0.05) is 32.6 Å². The minimum Gasteiger partial charge on any atom is -0.324 e. The van der Waals surface area contributed by atoms with E-state index in [1.54, 1.807) is 31.2 Å². The number of para-hydroxylation sites is 2. The monoisotopic (exact) mass is 408 g/mol. The van der Waals surface area contributed by atoms with Crippen LogP contribution in [0.1, 0.15) is 33.1 Å². The highest BCUT2D eigenvalue weighted by atomic mass is 32.2. The Kier molecular flexibility index (Phi) is 6.07. The van der Waals surface area contributed by atoms with Gasteiger partial charge in [0.05, 0.1) is 17.9 Å². The average Bonchev–Trinajstić information content (AvgIpc) is 2.75. The van der Waals surface area contributed by atoms with E-state index < -0.39 is 10.2 Å². The fraction of sp³-hybridized carbons (Fsp3) is 0.579. The zero-order chi connectivity index (χ0) is 20.5. The van der Waals surface area contributed by atoms with Gasteiger partial charge in [0.25, 0.3) is 10.2 Å². The van der Waals surface area contributed by atoms with E-state index >= 15 is 0 Å². The normalized spacial score (nSPS) is 23.9. The van der Waals surface area contributed by atoms with Gasteiger partial charge in [-0.1, -0.05) is 19.1 Å². The van der Waals surface area contributed by atoms with Crippen LogP contribution in [-0.4, -0.2) is 61.6 Å². The quantitative estimate of drug-likeness (QED) is 0.820. The number of amides is 2. The van der Waals surface area contributed by atoms with Crippen LogP contribution in [0.3, 0.4) is 0 Å². The van der Waals surface area contributed by atoms with Crippen molar-refractivity contribution in [2.75, 3.05) is 36.9 Å². The molecule has 2 aliphatic heterocycles. The van der Waals surface area contributed by atoms with E-state index in [-0.39, 0.29) is 30.8 Å². The Labute approximate surface area is 166 Å². The first-order valence-corrected chi connectivity index (χ1v) is 11.0. The Morgan fingerprint density at radius 2 is 2.00 bits per heavy atom. The molecule has 1 N–H and O–H groups in total. The van der Waals surface area contributed by atoms with Gasteiger partial charge in [-0.2, -0.15) is 17.0 Å². The van der Waals surface area contributed by atoms with Crippen molar-refractivity contribution in [1.82, 2.24) is 8.61 Å². The lowest BCUT2D eigenvalue weighted by Crippen LogP contribution is -2.50. The summed E-state index contributed by atoms with van der Waals surface area (Å²) in [5.74, 6) is -0.215. The molecule has 2 amide bonds. The van der Waals surface area contributed by atoms with Gasteiger partial charge in [0.15, 0.2) is 0 Å². The molecule has 1 aromatic carbocycles. The molecule has 154 valence electrons. The standard InChI is InChI=1S/C19H28N4O4S/c1-14-7-6-10-22(12-14)28(26,27)21(3)13-19(25)23-15(2)11-18(24)20-16-8-4-5-9-17(16)23/h4-5,8-9,14-15H,6-7,10-13H2,1-3H3,(H,20,24). The lowest BCUT2D eigenvalue weighted by atomic mass is 10.0. The molecule has 0 radical (unpaired) electrons. The summed E-state index contributed by atoms with van der Waals surface area (Å²) in [4.78, 5) is 26.7. The van der Waals surface area contributed by atoms with Crippen LogP contribution in [0.25, 0.3) is 0 Å². The molecule has 2 atom stereocenters. The van der Waals surface area contributed by atoms with Crippen LogP contribution >= 0.6 is 0 Å². The second-order valence-corrected chi connectivity index (χ2v) is 9.79. The van der Waals surface area contributed by atoms with Crippen LogP contribution in [0.5, 0.6) is 0 Å². The van der Waals surface area contributed by atoms with Crippen molar-refractivity contribution in [3.8, 4) is 0 Å². The molecule has 1 fully saturated rings. The second-order valence-electron chi connectivity index (χ2n) is 7.75. The van der Waals surface area contributed by atoms with Crippen molar-refractivity contribution in [1.29, 1.82) is 0 Å².